The van der Waals surface area contributed by atoms with Crippen LogP contribution in [0.4, 0.5) is 0 Å². The number of rotatable bonds is 5. The Morgan fingerprint density at radius 2 is 2.16 bits per heavy atom. The van der Waals surface area contributed by atoms with Crippen molar-refractivity contribution in [1.29, 1.82) is 10.7 Å². The van der Waals surface area contributed by atoms with Gasteiger partial charge in [-0.3, -0.25) is 10.2 Å². The monoisotopic (exact) mass is 338 g/mol. The average molecular weight is 338 g/mol. The SMILES string of the molecule is CCCCOc1ccccc1C1C2=C(CCCC2=O)OC(=N)C1C#N. The number of carbonyl (C=O) groups excluding carboxylic acids is 1. The lowest BCUT2D eigenvalue weighted by atomic mass is 9.74. The second-order valence-electron chi connectivity index (χ2n) is 6.40. The predicted octanol–water partition coefficient (Wildman–Crippen LogP) is 4.10. The maximum absolute atomic E-state index is 12.6. The average Bonchev–Trinajstić information content (AvgIpc) is 2.61. The molecule has 1 heterocycles. The molecule has 2 aliphatic rings. The number of benzene rings is 1. The van der Waals surface area contributed by atoms with Crippen molar-refractivity contribution in [1.82, 2.24) is 0 Å². The van der Waals surface area contributed by atoms with Crippen molar-refractivity contribution in [3.8, 4) is 11.8 Å². The number of Topliss-reactive ketones (excluding diaryl/α,β-unsaturated/α-hetero) is 1. The Labute approximate surface area is 147 Å². The van der Waals surface area contributed by atoms with Gasteiger partial charge in [-0.1, -0.05) is 31.5 Å². The Kier molecular flexibility index (Phi) is 5.18. The van der Waals surface area contributed by atoms with Crippen molar-refractivity contribution < 1.29 is 14.3 Å². The quantitative estimate of drug-likeness (QED) is 0.819. The van der Waals surface area contributed by atoms with Gasteiger partial charge in [-0.05, 0) is 18.9 Å². The maximum atomic E-state index is 12.6. The highest BCUT2D eigenvalue weighted by molar-refractivity contribution is 6.01. The van der Waals surface area contributed by atoms with E-state index in [1.165, 1.54) is 0 Å². The molecule has 0 amide bonds. The topological polar surface area (TPSA) is 83.2 Å². The first-order valence-corrected chi connectivity index (χ1v) is 8.81. The summed E-state index contributed by atoms with van der Waals surface area (Å²) in [5.41, 5.74) is 1.35. The van der Waals surface area contributed by atoms with Gasteiger partial charge in [0.2, 0.25) is 5.90 Å². The first-order valence-electron chi connectivity index (χ1n) is 8.81. The van der Waals surface area contributed by atoms with Crippen molar-refractivity contribution in [2.24, 2.45) is 5.92 Å². The number of ether oxygens (including phenoxy) is 2. The lowest BCUT2D eigenvalue weighted by molar-refractivity contribution is -0.116. The lowest BCUT2D eigenvalue weighted by Crippen LogP contribution is -2.34. The maximum Gasteiger partial charge on any atom is 0.205 e. The van der Waals surface area contributed by atoms with Crippen LogP contribution in [0.5, 0.6) is 5.75 Å². The normalized spacial score (nSPS) is 22.9. The molecule has 0 aromatic heterocycles. The number of nitrogens with one attached hydrogen (secondary N) is 1. The highest BCUT2D eigenvalue weighted by Gasteiger charge is 2.43. The summed E-state index contributed by atoms with van der Waals surface area (Å²) in [6.07, 6.45) is 3.79. The summed E-state index contributed by atoms with van der Waals surface area (Å²) in [5, 5.41) is 17.8. The van der Waals surface area contributed by atoms with Gasteiger partial charge >= 0.3 is 0 Å². The largest absolute Gasteiger partial charge is 0.493 e. The fraction of sp³-hybridized carbons (Fsp3) is 0.450. The van der Waals surface area contributed by atoms with Crippen LogP contribution in [-0.4, -0.2) is 18.3 Å². The van der Waals surface area contributed by atoms with Crippen LogP contribution in [0.3, 0.4) is 0 Å². The molecule has 0 bridgehead atoms. The number of allylic oxidation sites excluding steroid dienone is 2. The van der Waals surface area contributed by atoms with Gasteiger partial charge in [0.25, 0.3) is 0 Å². The Morgan fingerprint density at radius 3 is 2.92 bits per heavy atom. The number of para-hydroxylation sites is 1. The molecule has 0 radical (unpaired) electrons. The molecule has 1 aliphatic heterocycles. The zero-order chi connectivity index (χ0) is 17.8. The summed E-state index contributed by atoms with van der Waals surface area (Å²) in [5.74, 6) is -0.127. The van der Waals surface area contributed by atoms with Crippen molar-refractivity contribution >= 4 is 11.7 Å². The van der Waals surface area contributed by atoms with Crippen LogP contribution in [0.15, 0.2) is 35.6 Å². The lowest BCUT2D eigenvalue weighted by Gasteiger charge is -2.34. The Hall–Kier alpha value is -2.61. The van der Waals surface area contributed by atoms with Crippen molar-refractivity contribution in [3.63, 3.8) is 0 Å². The van der Waals surface area contributed by atoms with E-state index in [0.29, 0.717) is 36.5 Å². The highest BCUT2D eigenvalue weighted by Crippen LogP contribution is 2.45. The summed E-state index contributed by atoms with van der Waals surface area (Å²) in [6, 6.07) is 9.68. The first kappa shape index (κ1) is 17.2. The third-order valence-corrected chi connectivity index (χ3v) is 4.72. The van der Waals surface area contributed by atoms with E-state index in [0.717, 1.165) is 24.8 Å². The molecular formula is C20H22N2O3. The molecule has 1 aromatic carbocycles. The standard InChI is InChI=1S/C20H22N2O3/c1-2-3-11-24-16-9-5-4-7-13(16)18-14(12-21)20(22)25-17-10-6-8-15(23)19(17)18/h4-5,7,9,14,18,22H,2-3,6,8,10-11H2,1H3. The number of hydrogen-bond donors (Lipinski definition) is 1. The molecule has 5 nitrogen and oxygen atoms in total. The smallest absolute Gasteiger partial charge is 0.205 e. The molecule has 2 unspecified atom stereocenters. The molecule has 5 heteroatoms. The third kappa shape index (κ3) is 3.30. The van der Waals surface area contributed by atoms with Crippen LogP contribution < -0.4 is 4.74 Å². The van der Waals surface area contributed by atoms with E-state index in [1.807, 2.05) is 24.3 Å². The summed E-state index contributed by atoms with van der Waals surface area (Å²) >= 11 is 0. The van der Waals surface area contributed by atoms with Gasteiger partial charge in [-0.15, -0.1) is 0 Å². The van der Waals surface area contributed by atoms with Crippen LogP contribution >= 0.6 is 0 Å². The zero-order valence-corrected chi connectivity index (χ0v) is 14.4. The van der Waals surface area contributed by atoms with Crippen molar-refractivity contribution in [2.75, 3.05) is 6.61 Å². The molecule has 25 heavy (non-hydrogen) atoms. The van der Waals surface area contributed by atoms with Crippen molar-refractivity contribution in [3.05, 3.63) is 41.2 Å². The van der Waals surface area contributed by atoms with Gasteiger partial charge in [0.1, 0.15) is 17.4 Å². The second-order valence-corrected chi connectivity index (χ2v) is 6.40. The molecule has 0 fully saturated rings. The van der Waals surface area contributed by atoms with E-state index < -0.39 is 11.8 Å². The summed E-state index contributed by atoms with van der Waals surface area (Å²) in [6.45, 7) is 2.68. The molecule has 0 saturated carbocycles. The predicted molar refractivity (Wildman–Crippen MR) is 93.4 cm³/mol. The van der Waals surface area contributed by atoms with E-state index in [4.69, 9.17) is 14.9 Å². The van der Waals surface area contributed by atoms with Crippen LogP contribution in [0, 0.1) is 22.7 Å². The van der Waals surface area contributed by atoms with E-state index >= 15 is 0 Å². The number of ketones is 1. The molecule has 1 N–H and O–H groups in total. The molecule has 0 saturated heterocycles. The minimum absolute atomic E-state index is 0.0161. The van der Waals surface area contributed by atoms with E-state index in [9.17, 15) is 10.1 Å². The minimum Gasteiger partial charge on any atom is -0.493 e. The van der Waals surface area contributed by atoms with Crippen LogP contribution in [0.1, 0.15) is 50.5 Å². The second kappa shape index (κ2) is 7.52. The van der Waals surface area contributed by atoms with Gasteiger partial charge in [-0.25, -0.2) is 0 Å². The summed E-state index contributed by atoms with van der Waals surface area (Å²) in [4.78, 5) is 12.6. The van der Waals surface area contributed by atoms with E-state index in [1.54, 1.807) is 0 Å². The summed E-state index contributed by atoms with van der Waals surface area (Å²) in [7, 11) is 0. The van der Waals surface area contributed by atoms with Gasteiger partial charge in [0, 0.05) is 29.9 Å². The Morgan fingerprint density at radius 1 is 1.36 bits per heavy atom. The number of hydrogen-bond acceptors (Lipinski definition) is 5. The molecule has 2 atom stereocenters. The number of carbonyl (C=O) groups is 1. The van der Waals surface area contributed by atoms with Crippen LogP contribution in [0.2, 0.25) is 0 Å². The first-order chi connectivity index (χ1) is 12.2. The zero-order valence-electron chi connectivity index (χ0n) is 14.4. The fourth-order valence-corrected chi connectivity index (χ4v) is 3.47. The van der Waals surface area contributed by atoms with Crippen LogP contribution in [0.25, 0.3) is 0 Å². The van der Waals surface area contributed by atoms with E-state index in [2.05, 4.69) is 13.0 Å². The van der Waals surface area contributed by atoms with Crippen LogP contribution in [-0.2, 0) is 9.53 Å². The van der Waals surface area contributed by atoms with E-state index in [-0.39, 0.29) is 11.7 Å². The molecule has 1 aliphatic carbocycles. The van der Waals surface area contributed by atoms with Crippen molar-refractivity contribution in [2.45, 2.75) is 44.9 Å². The molecule has 130 valence electrons. The molecule has 1 aromatic rings. The van der Waals surface area contributed by atoms with Gasteiger partial charge in [-0.2, -0.15) is 5.26 Å². The van der Waals surface area contributed by atoms with Gasteiger partial charge in [0.05, 0.1) is 12.7 Å². The number of nitriles is 1. The molecular weight excluding hydrogens is 316 g/mol. The number of nitrogens with zero attached hydrogens (tertiary/aromatic N) is 1. The van der Waals surface area contributed by atoms with Gasteiger partial charge in [0.15, 0.2) is 5.78 Å². The third-order valence-electron chi connectivity index (χ3n) is 4.72. The van der Waals surface area contributed by atoms with Gasteiger partial charge < -0.3 is 9.47 Å². The fourth-order valence-electron chi connectivity index (χ4n) is 3.47. The molecule has 0 spiro atoms. The summed E-state index contributed by atoms with van der Waals surface area (Å²) < 4.78 is 11.5. The highest BCUT2D eigenvalue weighted by atomic mass is 16.5. The minimum atomic E-state index is -0.809. The Balaban J connectivity index is 2.07. The Bertz CT molecular complexity index is 760. The molecule has 3 rings (SSSR count). The number of unbranched alkanes of at least 4 members (excludes halogenated alkanes) is 1.